The molecule has 0 aromatic rings. The lowest BCUT2D eigenvalue weighted by Gasteiger charge is -2.36. The Bertz CT molecular complexity index is 111. The highest BCUT2D eigenvalue weighted by atomic mass is 127. The van der Waals surface area contributed by atoms with E-state index in [0.29, 0.717) is 0 Å². The van der Waals surface area contributed by atoms with E-state index in [-0.39, 0.29) is 9.02 Å². The van der Waals surface area contributed by atoms with Gasteiger partial charge in [0.05, 0.1) is 5.60 Å². The minimum absolute atomic E-state index is 0.0840. The van der Waals surface area contributed by atoms with Gasteiger partial charge in [-0.1, -0.05) is 22.6 Å². The fourth-order valence-electron chi connectivity index (χ4n) is 0.310. The molecular formula is C6H14BINO. The monoisotopic (exact) mass is 254 g/mol. The molecule has 0 unspecified atom stereocenters. The van der Waals surface area contributed by atoms with E-state index in [0.717, 1.165) is 0 Å². The molecule has 2 N–H and O–H groups in total. The highest BCUT2D eigenvalue weighted by molar-refractivity contribution is 14.1. The van der Waals surface area contributed by atoms with Crippen molar-refractivity contribution in [1.82, 2.24) is 0 Å². The third-order valence-electron chi connectivity index (χ3n) is 1.79. The zero-order chi connectivity index (χ0) is 8.41. The van der Waals surface area contributed by atoms with Crippen molar-refractivity contribution in [3.8, 4) is 0 Å². The molecule has 0 aliphatic heterocycles. The van der Waals surface area contributed by atoms with Crippen LogP contribution in [0, 0.1) is 0 Å². The van der Waals surface area contributed by atoms with E-state index >= 15 is 0 Å². The zero-order valence-electron chi connectivity index (χ0n) is 6.94. The van der Waals surface area contributed by atoms with Crippen molar-refractivity contribution in [3.63, 3.8) is 0 Å². The summed E-state index contributed by atoms with van der Waals surface area (Å²) in [7, 11) is 1.25. The first-order valence-corrected chi connectivity index (χ1v) is 4.29. The highest BCUT2D eigenvalue weighted by Gasteiger charge is 2.34. The average Bonchev–Trinajstić information content (AvgIpc) is 1.61. The summed E-state index contributed by atoms with van der Waals surface area (Å²) in [5.41, 5.74) is 4.95. The first-order valence-electron chi connectivity index (χ1n) is 3.21. The van der Waals surface area contributed by atoms with Crippen molar-refractivity contribution in [2.24, 2.45) is 5.64 Å². The molecule has 1 radical (unpaired) electrons. The standard InChI is InChI=1S/C6H14BINO/c1-5(2,8)6(3,4)10-7-9/h9H2,1-4H3. The Kier molecular flexibility index (Phi) is 3.65. The van der Waals surface area contributed by atoms with Crippen molar-refractivity contribution < 1.29 is 4.65 Å². The molecule has 0 aromatic heterocycles. The molecule has 0 fully saturated rings. The maximum absolute atomic E-state index is 5.24. The van der Waals surface area contributed by atoms with Crippen LogP contribution in [0.3, 0.4) is 0 Å². The fraction of sp³-hybridized carbons (Fsp3) is 1.00. The Morgan fingerprint density at radius 1 is 1.30 bits per heavy atom. The lowest BCUT2D eigenvalue weighted by Crippen LogP contribution is -2.44. The molecule has 0 heterocycles. The van der Waals surface area contributed by atoms with E-state index < -0.39 is 0 Å². The zero-order valence-corrected chi connectivity index (χ0v) is 9.10. The Balaban J connectivity index is 4.10. The topological polar surface area (TPSA) is 35.2 Å². The predicted octanol–water partition coefficient (Wildman–Crippen LogP) is 1.49. The van der Waals surface area contributed by atoms with Crippen LogP contribution in [0.4, 0.5) is 0 Å². The van der Waals surface area contributed by atoms with Crippen LogP contribution < -0.4 is 5.64 Å². The second-order valence-corrected chi connectivity index (χ2v) is 5.93. The normalized spacial score (nSPS) is 13.4. The number of hydrogen-bond donors (Lipinski definition) is 1. The molecule has 0 aromatic carbocycles. The molecule has 4 heteroatoms. The molecule has 10 heavy (non-hydrogen) atoms. The molecule has 0 rings (SSSR count). The Labute approximate surface area is 77.3 Å². The predicted molar refractivity (Wildman–Crippen MR) is 53.2 cm³/mol. The molecule has 2 nitrogen and oxygen atoms in total. The summed E-state index contributed by atoms with van der Waals surface area (Å²) in [5, 5.41) is 0. The Morgan fingerprint density at radius 2 is 1.70 bits per heavy atom. The Morgan fingerprint density at radius 3 is 1.80 bits per heavy atom. The maximum atomic E-state index is 5.24. The van der Waals surface area contributed by atoms with E-state index in [4.69, 9.17) is 10.3 Å². The van der Waals surface area contributed by atoms with Gasteiger partial charge in [0.1, 0.15) is 0 Å². The molecule has 59 valence electrons. The van der Waals surface area contributed by atoms with Crippen molar-refractivity contribution in [1.29, 1.82) is 0 Å². The summed E-state index contributed by atoms with van der Waals surface area (Å²) >= 11 is 2.34. The van der Waals surface area contributed by atoms with E-state index in [1.165, 1.54) is 7.62 Å². The van der Waals surface area contributed by atoms with Gasteiger partial charge in [0, 0.05) is 3.42 Å². The van der Waals surface area contributed by atoms with E-state index in [2.05, 4.69) is 36.4 Å². The largest absolute Gasteiger partial charge is 0.418 e. The van der Waals surface area contributed by atoms with Crippen LogP contribution in [0.25, 0.3) is 0 Å². The summed E-state index contributed by atoms with van der Waals surface area (Å²) in [4.78, 5) is 0. The van der Waals surface area contributed by atoms with Crippen molar-refractivity contribution >= 4 is 30.2 Å². The number of nitrogens with two attached hydrogens (primary N) is 1. The van der Waals surface area contributed by atoms with Crippen LogP contribution in [0.15, 0.2) is 0 Å². The van der Waals surface area contributed by atoms with Gasteiger partial charge < -0.3 is 10.3 Å². The van der Waals surface area contributed by atoms with E-state index in [1.54, 1.807) is 0 Å². The molecule has 0 saturated heterocycles. The van der Waals surface area contributed by atoms with Gasteiger partial charge in [-0.3, -0.25) is 0 Å². The highest BCUT2D eigenvalue weighted by Crippen LogP contribution is 2.32. The summed E-state index contributed by atoms with van der Waals surface area (Å²) < 4.78 is 5.32. The maximum Gasteiger partial charge on any atom is 0.393 e. The smallest absolute Gasteiger partial charge is 0.393 e. The summed E-state index contributed by atoms with van der Waals surface area (Å²) in [5.74, 6) is 0. The van der Waals surface area contributed by atoms with Gasteiger partial charge in [0.2, 0.25) is 0 Å². The molecule has 0 aliphatic rings. The van der Waals surface area contributed by atoms with Gasteiger partial charge >= 0.3 is 7.62 Å². The third-order valence-corrected chi connectivity index (χ3v) is 3.09. The summed E-state index contributed by atoms with van der Waals surface area (Å²) in [6.45, 7) is 8.25. The SMILES string of the molecule is CC(C)(I)C(C)(C)O[B]N. The quantitative estimate of drug-likeness (QED) is 0.470. The molecule has 0 saturated carbocycles. The van der Waals surface area contributed by atoms with E-state index in [9.17, 15) is 0 Å². The number of halogens is 1. The van der Waals surface area contributed by atoms with Crippen LogP contribution in [-0.4, -0.2) is 16.6 Å². The second kappa shape index (κ2) is 3.41. The molecule has 0 aliphatic carbocycles. The Hall–Kier alpha value is 0.715. The van der Waals surface area contributed by atoms with Crippen molar-refractivity contribution in [2.45, 2.75) is 36.7 Å². The van der Waals surface area contributed by atoms with Crippen LogP contribution in [0.1, 0.15) is 27.7 Å². The molecule has 0 bridgehead atoms. The first kappa shape index (κ1) is 10.7. The minimum Gasteiger partial charge on any atom is -0.418 e. The molecule has 0 amide bonds. The lowest BCUT2D eigenvalue weighted by atomic mass is 9.93. The van der Waals surface area contributed by atoms with Crippen molar-refractivity contribution in [2.75, 3.05) is 0 Å². The van der Waals surface area contributed by atoms with Crippen LogP contribution in [-0.2, 0) is 4.65 Å². The first-order chi connectivity index (χ1) is 4.31. The van der Waals surface area contributed by atoms with Gasteiger partial charge in [-0.05, 0) is 27.7 Å². The third kappa shape index (κ3) is 2.76. The number of rotatable bonds is 3. The van der Waals surface area contributed by atoms with Gasteiger partial charge in [0.15, 0.2) is 0 Å². The lowest BCUT2D eigenvalue weighted by molar-refractivity contribution is 0.0889. The van der Waals surface area contributed by atoms with Gasteiger partial charge in [0.25, 0.3) is 0 Å². The van der Waals surface area contributed by atoms with Crippen LogP contribution in [0.2, 0.25) is 0 Å². The van der Waals surface area contributed by atoms with E-state index in [1.807, 2.05) is 13.8 Å². The fourth-order valence-corrected chi connectivity index (χ4v) is 0.437. The minimum atomic E-state index is -0.206. The van der Waals surface area contributed by atoms with Gasteiger partial charge in [-0.25, -0.2) is 0 Å². The summed E-state index contributed by atoms with van der Waals surface area (Å²) in [6.07, 6.45) is 0. The van der Waals surface area contributed by atoms with Gasteiger partial charge in [-0.15, -0.1) is 0 Å². The van der Waals surface area contributed by atoms with Crippen LogP contribution >= 0.6 is 22.6 Å². The molecule has 0 spiro atoms. The number of hydrogen-bond acceptors (Lipinski definition) is 2. The molecular weight excluding hydrogens is 240 g/mol. The van der Waals surface area contributed by atoms with Crippen LogP contribution in [0.5, 0.6) is 0 Å². The molecule has 0 atom stereocenters. The number of alkyl halides is 1. The van der Waals surface area contributed by atoms with Crippen molar-refractivity contribution in [3.05, 3.63) is 0 Å². The summed E-state index contributed by atoms with van der Waals surface area (Å²) in [6, 6.07) is 0. The second-order valence-electron chi connectivity index (χ2n) is 3.24. The average molecular weight is 254 g/mol. The van der Waals surface area contributed by atoms with Gasteiger partial charge in [-0.2, -0.15) is 0 Å².